The van der Waals surface area contributed by atoms with E-state index in [0.29, 0.717) is 0 Å². The summed E-state index contributed by atoms with van der Waals surface area (Å²) in [4.78, 5) is 0. The Kier molecular flexibility index (Phi) is 3.01. The standard InChI is InChI=1S/C10H14/c1-2-3-7-10-8-5-4-6-9-10/h3,5,7-9H,2,4,6H2,1H3/b7-3+. The summed E-state index contributed by atoms with van der Waals surface area (Å²) in [6, 6.07) is 0. The van der Waals surface area contributed by atoms with Gasteiger partial charge in [-0.15, -0.1) is 0 Å². The quantitative estimate of drug-likeness (QED) is 0.544. The highest BCUT2D eigenvalue weighted by Gasteiger charge is 1.90. The Labute approximate surface area is 62.9 Å². The lowest BCUT2D eigenvalue weighted by atomic mass is 10.1. The van der Waals surface area contributed by atoms with Crippen molar-refractivity contribution in [2.75, 3.05) is 0 Å². The van der Waals surface area contributed by atoms with Crippen LogP contribution in [0.4, 0.5) is 0 Å². The Morgan fingerprint density at radius 1 is 1.50 bits per heavy atom. The summed E-state index contributed by atoms with van der Waals surface area (Å²) in [6.07, 6.45) is 14.6. The van der Waals surface area contributed by atoms with E-state index in [-0.39, 0.29) is 0 Å². The van der Waals surface area contributed by atoms with Crippen LogP contribution in [0, 0.1) is 0 Å². The maximum atomic E-state index is 2.28. The first-order chi connectivity index (χ1) is 4.93. The summed E-state index contributed by atoms with van der Waals surface area (Å²) in [5.74, 6) is 0. The molecule has 0 atom stereocenters. The largest absolute Gasteiger partial charge is 0.0842 e. The first kappa shape index (κ1) is 7.33. The second kappa shape index (κ2) is 4.10. The lowest BCUT2D eigenvalue weighted by Gasteiger charge is -1.99. The highest BCUT2D eigenvalue weighted by molar-refractivity contribution is 5.32. The molecule has 1 aliphatic rings. The Bertz CT molecular complexity index is 170. The summed E-state index contributed by atoms with van der Waals surface area (Å²) in [5, 5.41) is 0. The third kappa shape index (κ3) is 2.22. The molecule has 0 saturated carbocycles. The van der Waals surface area contributed by atoms with Gasteiger partial charge in [-0.3, -0.25) is 0 Å². The predicted octanol–water partition coefficient (Wildman–Crippen LogP) is 3.23. The molecule has 0 saturated heterocycles. The van der Waals surface area contributed by atoms with E-state index in [0.717, 1.165) is 6.42 Å². The van der Waals surface area contributed by atoms with Gasteiger partial charge >= 0.3 is 0 Å². The normalized spacial score (nSPS) is 17.9. The molecule has 10 heavy (non-hydrogen) atoms. The maximum absolute atomic E-state index is 2.28. The molecule has 0 aromatic heterocycles. The number of rotatable bonds is 2. The van der Waals surface area contributed by atoms with E-state index in [2.05, 4.69) is 37.3 Å². The molecule has 0 nitrogen and oxygen atoms in total. The van der Waals surface area contributed by atoms with E-state index in [1.165, 1.54) is 18.4 Å². The van der Waals surface area contributed by atoms with E-state index in [4.69, 9.17) is 0 Å². The van der Waals surface area contributed by atoms with E-state index in [9.17, 15) is 0 Å². The third-order valence-corrected chi connectivity index (χ3v) is 1.57. The van der Waals surface area contributed by atoms with Gasteiger partial charge in [0.15, 0.2) is 0 Å². The minimum atomic E-state index is 1.13. The average molecular weight is 134 g/mol. The topological polar surface area (TPSA) is 0 Å². The number of hydrogen-bond donors (Lipinski definition) is 0. The van der Waals surface area contributed by atoms with Crippen LogP contribution in [0.15, 0.2) is 36.0 Å². The van der Waals surface area contributed by atoms with Gasteiger partial charge in [0.1, 0.15) is 0 Å². The Morgan fingerprint density at radius 3 is 3.00 bits per heavy atom. The second-order valence-corrected chi connectivity index (χ2v) is 2.49. The van der Waals surface area contributed by atoms with E-state index in [1.54, 1.807) is 0 Å². The van der Waals surface area contributed by atoms with Gasteiger partial charge < -0.3 is 0 Å². The molecule has 0 amide bonds. The SMILES string of the molecule is CC/C=C/C1=CCCC=C1. The van der Waals surface area contributed by atoms with Gasteiger partial charge in [0, 0.05) is 0 Å². The number of allylic oxidation sites excluding steroid dienone is 6. The summed E-state index contributed by atoms with van der Waals surface area (Å²) in [7, 11) is 0. The van der Waals surface area contributed by atoms with E-state index >= 15 is 0 Å². The lowest BCUT2D eigenvalue weighted by Crippen LogP contribution is -1.79. The molecule has 1 rings (SSSR count). The van der Waals surface area contributed by atoms with Gasteiger partial charge in [0.2, 0.25) is 0 Å². The zero-order chi connectivity index (χ0) is 7.23. The Balaban J connectivity index is 2.47. The molecule has 0 aromatic rings. The fourth-order valence-corrected chi connectivity index (χ4v) is 1.01. The van der Waals surface area contributed by atoms with E-state index < -0.39 is 0 Å². The highest BCUT2D eigenvalue weighted by atomic mass is 14.0. The van der Waals surface area contributed by atoms with Crippen LogP contribution in [0.1, 0.15) is 26.2 Å². The van der Waals surface area contributed by atoms with Crippen molar-refractivity contribution in [2.45, 2.75) is 26.2 Å². The smallest absolute Gasteiger partial charge is 0.0303 e. The van der Waals surface area contributed by atoms with Gasteiger partial charge in [0.25, 0.3) is 0 Å². The highest BCUT2D eigenvalue weighted by Crippen LogP contribution is 2.10. The van der Waals surface area contributed by atoms with Crippen LogP contribution in [0.3, 0.4) is 0 Å². The minimum absolute atomic E-state index is 1.13. The van der Waals surface area contributed by atoms with Crippen LogP contribution in [0.25, 0.3) is 0 Å². The monoisotopic (exact) mass is 134 g/mol. The third-order valence-electron chi connectivity index (χ3n) is 1.57. The lowest BCUT2D eigenvalue weighted by molar-refractivity contribution is 1.02. The van der Waals surface area contributed by atoms with Crippen LogP contribution < -0.4 is 0 Å². The summed E-state index contributed by atoms with van der Waals surface area (Å²) in [6.45, 7) is 2.16. The van der Waals surface area contributed by atoms with E-state index in [1.807, 2.05) is 0 Å². The van der Waals surface area contributed by atoms with Gasteiger partial charge in [0.05, 0.1) is 0 Å². The van der Waals surface area contributed by atoms with Crippen LogP contribution >= 0.6 is 0 Å². The zero-order valence-corrected chi connectivity index (χ0v) is 6.51. The predicted molar refractivity (Wildman–Crippen MR) is 45.9 cm³/mol. The summed E-state index contributed by atoms with van der Waals surface area (Å²) >= 11 is 0. The van der Waals surface area contributed by atoms with Crippen molar-refractivity contribution in [1.29, 1.82) is 0 Å². The molecule has 0 radical (unpaired) electrons. The van der Waals surface area contributed by atoms with Crippen molar-refractivity contribution in [2.24, 2.45) is 0 Å². The van der Waals surface area contributed by atoms with Crippen molar-refractivity contribution < 1.29 is 0 Å². The molecule has 0 aromatic carbocycles. The molecule has 0 unspecified atom stereocenters. The molecular weight excluding hydrogens is 120 g/mol. The minimum Gasteiger partial charge on any atom is -0.0842 e. The molecule has 0 aliphatic heterocycles. The van der Waals surface area contributed by atoms with Gasteiger partial charge in [-0.2, -0.15) is 0 Å². The van der Waals surface area contributed by atoms with Crippen molar-refractivity contribution >= 4 is 0 Å². The fourth-order valence-electron chi connectivity index (χ4n) is 1.01. The molecule has 54 valence electrons. The molecule has 0 N–H and O–H groups in total. The Hall–Kier alpha value is -0.780. The van der Waals surface area contributed by atoms with Crippen molar-refractivity contribution in [3.63, 3.8) is 0 Å². The zero-order valence-electron chi connectivity index (χ0n) is 6.51. The Morgan fingerprint density at radius 2 is 2.40 bits per heavy atom. The molecule has 0 spiro atoms. The van der Waals surface area contributed by atoms with Crippen LogP contribution in [-0.4, -0.2) is 0 Å². The molecular formula is C10H14. The van der Waals surface area contributed by atoms with Gasteiger partial charge in [-0.05, 0) is 24.8 Å². The molecule has 0 heteroatoms. The maximum Gasteiger partial charge on any atom is -0.0303 e. The number of hydrogen-bond acceptors (Lipinski definition) is 0. The van der Waals surface area contributed by atoms with Crippen LogP contribution in [0.5, 0.6) is 0 Å². The molecule has 0 bridgehead atoms. The molecule has 1 aliphatic carbocycles. The first-order valence-corrected chi connectivity index (χ1v) is 3.96. The molecule has 0 heterocycles. The van der Waals surface area contributed by atoms with Crippen LogP contribution in [-0.2, 0) is 0 Å². The first-order valence-electron chi connectivity index (χ1n) is 3.96. The van der Waals surface area contributed by atoms with Gasteiger partial charge in [-0.25, -0.2) is 0 Å². The van der Waals surface area contributed by atoms with Crippen molar-refractivity contribution in [3.8, 4) is 0 Å². The van der Waals surface area contributed by atoms with Crippen molar-refractivity contribution in [3.05, 3.63) is 36.0 Å². The second-order valence-electron chi connectivity index (χ2n) is 2.49. The van der Waals surface area contributed by atoms with Gasteiger partial charge in [-0.1, -0.05) is 37.3 Å². The van der Waals surface area contributed by atoms with Crippen molar-refractivity contribution in [1.82, 2.24) is 0 Å². The summed E-state index contributed by atoms with van der Waals surface area (Å²) < 4.78 is 0. The van der Waals surface area contributed by atoms with Crippen LogP contribution in [0.2, 0.25) is 0 Å². The average Bonchev–Trinajstić information content (AvgIpc) is 2.03. The molecule has 0 fully saturated rings. The summed E-state index contributed by atoms with van der Waals surface area (Å²) in [5.41, 5.74) is 1.37. The fraction of sp³-hybridized carbons (Fsp3) is 0.400.